The summed E-state index contributed by atoms with van der Waals surface area (Å²) in [6.45, 7) is 6.61. The number of carbonyl (C=O) groups is 1. The van der Waals surface area contributed by atoms with E-state index in [9.17, 15) is 13.2 Å². The Balaban J connectivity index is 1.66. The van der Waals surface area contributed by atoms with Crippen LogP contribution in [-0.2, 0) is 21.2 Å². The van der Waals surface area contributed by atoms with Crippen molar-refractivity contribution in [3.63, 3.8) is 0 Å². The SMILES string of the molecule is Cc1csc(-c2cccc(S(=O)(=O)NC(=O)Cc3ccc(OCC(C)C)cc3)c2)n1. The fourth-order valence-electron chi connectivity index (χ4n) is 2.68. The van der Waals surface area contributed by atoms with Gasteiger partial charge in [0.05, 0.1) is 17.9 Å². The molecule has 1 aromatic heterocycles. The van der Waals surface area contributed by atoms with Crippen LogP contribution >= 0.6 is 11.3 Å². The summed E-state index contributed by atoms with van der Waals surface area (Å²) in [6.07, 6.45) is -0.0466. The van der Waals surface area contributed by atoms with Gasteiger partial charge in [0.25, 0.3) is 10.0 Å². The van der Waals surface area contributed by atoms with Crippen molar-refractivity contribution in [2.24, 2.45) is 5.92 Å². The Hall–Kier alpha value is -2.71. The number of sulfonamides is 1. The van der Waals surface area contributed by atoms with E-state index in [1.165, 1.54) is 23.5 Å². The van der Waals surface area contributed by atoms with Crippen LogP contribution in [-0.4, -0.2) is 25.9 Å². The van der Waals surface area contributed by atoms with Crippen molar-refractivity contribution < 1.29 is 17.9 Å². The third kappa shape index (κ3) is 5.90. The van der Waals surface area contributed by atoms with Gasteiger partial charge in [-0.2, -0.15) is 0 Å². The summed E-state index contributed by atoms with van der Waals surface area (Å²) in [4.78, 5) is 16.7. The molecule has 0 aliphatic carbocycles. The van der Waals surface area contributed by atoms with E-state index < -0.39 is 15.9 Å². The second kappa shape index (κ2) is 9.40. The first-order valence-corrected chi connectivity index (χ1v) is 11.9. The topological polar surface area (TPSA) is 85.4 Å². The van der Waals surface area contributed by atoms with Crippen molar-refractivity contribution in [3.8, 4) is 16.3 Å². The number of thiazole rings is 1. The van der Waals surface area contributed by atoms with Gasteiger partial charge in [0, 0.05) is 16.6 Å². The van der Waals surface area contributed by atoms with Crippen molar-refractivity contribution in [3.05, 3.63) is 65.2 Å². The minimum Gasteiger partial charge on any atom is -0.493 e. The lowest BCUT2D eigenvalue weighted by molar-refractivity contribution is -0.118. The zero-order valence-electron chi connectivity index (χ0n) is 17.1. The van der Waals surface area contributed by atoms with Gasteiger partial charge < -0.3 is 4.74 Å². The molecule has 2 aromatic carbocycles. The Labute approximate surface area is 181 Å². The second-order valence-electron chi connectivity index (χ2n) is 7.38. The predicted octanol–water partition coefficient (Wildman–Crippen LogP) is 4.20. The Morgan fingerprint density at radius 2 is 1.90 bits per heavy atom. The van der Waals surface area contributed by atoms with Crippen LogP contribution in [0.4, 0.5) is 0 Å². The van der Waals surface area contributed by atoms with Crippen molar-refractivity contribution >= 4 is 27.3 Å². The van der Waals surface area contributed by atoms with Crippen LogP contribution in [0.3, 0.4) is 0 Å². The van der Waals surface area contributed by atoms with Gasteiger partial charge in [-0.25, -0.2) is 18.1 Å². The molecular weight excluding hydrogens is 420 g/mol. The van der Waals surface area contributed by atoms with E-state index in [1.54, 1.807) is 36.4 Å². The maximum atomic E-state index is 12.7. The molecule has 0 aliphatic heterocycles. The molecule has 3 aromatic rings. The minimum absolute atomic E-state index is 0.0265. The van der Waals surface area contributed by atoms with Crippen LogP contribution in [0.15, 0.2) is 58.8 Å². The van der Waals surface area contributed by atoms with Crippen molar-refractivity contribution in [2.75, 3.05) is 6.61 Å². The third-order valence-electron chi connectivity index (χ3n) is 4.13. The number of aromatic nitrogens is 1. The second-order valence-corrected chi connectivity index (χ2v) is 9.92. The molecule has 30 heavy (non-hydrogen) atoms. The summed E-state index contributed by atoms with van der Waals surface area (Å²) in [5, 5.41) is 2.63. The first kappa shape index (κ1) is 22.0. The summed E-state index contributed by atoms with van der Waals surface area (Å²) >= 11 is 1.44. The third-order valence-corrected chi connectivity index (χ3v) is 6.51. The molecule has 1 N–H and O–H groups in total. The average molecular weight is 445 g/mol. The molecule has 158 valence electrons. The number of benzene rings is 2. The number of ether oxygens (including phenoxy) is 1. The summed E-state index contributed by atoms with van der Waals surface area (Å²) in [5.74, 6) is 0.537. The van der Waals surface area contributed by atoms with Crippen molar-refractivity contribution in [1.82, 2.24) is 9.71 Å². The maximum Gasteiger partial charge on any atom is 0.264 e. The molecule has 0 unspecified atom stereocenters. The number of amides is 1. The molecule has 1 heterocycles. The zero-order chi connectivity index (χ0) is 21.7. The van der Waals surface area contributed by atoms with E-state index in [2.05, 4.69) is 23.6 Å². The molecule has 0 radical (unpaired) electrons. The number of hydrogen-bond donors (Lipinski definition) is 1. The van der Waals surface area contributed by atoms with E-state index >= 15 is 0 Å². The summed E-state index contributed by atoms with van der Waals surface area (Å²) in [6, 6.07) is 13.5. The normalized spacial score (nSPS) is 11.5. The van der Waals surface area contributed by atoms with Gasteiger partial charge in [-0.3, -0.25) is 4.79 Å². The Morgan fingerprint density at radius 3 is 2.53 bits per heavy atom. The van der Waals surface area contributed by atoms with Crippen LogP contribution in [0.5, 0.6) is 5.75 Å². The molecule has 0 aliphatic rings. The molecule has 0 saturated carbocycles. The standard InChI is InChI=1S/C22H24N2O4S2/c1-15(2)13-28-19-9-7-17(8-10-19)11-21(25)24-30(26,27)20-6-4-5-18(12-20)22-23-16(3)14-29-22/h4-10,12,14-15H,11,13H2,1-3H3,(H,24,25). The number of aryl methyl sites for hydroxylation is 1. The van der Waals surface area contributed by atoms with Crippen LogP contribution in [0, 0.1) is 12.8 Å². The Bertz CT molecular complexity index is 1120. The van der Waals surface area contributed by atoms with Gasteiger partial charge in [0.15, 0.2) is 0 Å². The maximum absolute atomic E-state index is 12.7. The lowest BCUT2D eigenvalue weighted by Gasteiger charge is -2.10. The number of nitrogens with zero attached hydrogens (tertiary/aromatic N) is 1. The van der Waals surface area contributed by atoms with Crippen molar-refractivity contribution in [2.45, 2.75) is 32.1 Å². The monoisotopic (exact) mass is 444 g/mol. The quantitative estimate of drug-likeness (QED) is 0.563. The van der Waals surface area contributed by atoms with Gasteiger partial charge in [0.2, 0.25) is 5.91 Å². The number of rotatable bonds is 8. The number of hydrogen-bond acceptors (Lipinski definition) is 6. The molecule has 1 amide bonds. The molecule has 3 rings (SSSR count). The van der Waals surface area contributed by atoms with Crippen LogP contribution in [0.1, 0.15) is 25.1 Å². The Morgan fingerprint density at radius 1 is 1.17 bits per heavy atom. The fourth-order valence-corrected chi connectivity index (χ4v) is 4.50. The first-order valence-electron chi connectivity index (χ1n) is 9.53. The van der Waals surface area contributed by atoms with E-state index in [-0.39, 0.29) is 11.3 Å². The van der Waals surface area contributed by atoms with Gasteiger partial charge in [-0.05, 0) is 42.7 Å². The summed E-state index contributed by atoms with van der Waals surface area (Å²) < 4.78 is 33.1. The zero-order valence-corrected chi connectivity index (χ0v) is 18.7. The molecular formula is C22H24N2O4S2. The lowest BCUT2D eigenvalue weighted by Crippen LogP contribution is -2.31. The minimum atomic E-state index is -3.98. The predicted molar refractivity (Wildman–Crippen MR) is 118 cm³/mol. The van der Waals surface area contributed by atoms with Crippen LogP contribution < -0.4 is 9.46 Å². The van der Waals surface area contributed by atoms with Gasteiger partial charge in [-0.1, -0.05) is 38.1 Å². The highest BCUT2D eigenvalue weighted by atomic mass is 32.2. The fraction of sp³-hybridized carbons (Fsp3) is 0.273. The molecule has 8 heteroatoms. The molecule has 0 fully saturated rings. The summed E-state index contributed by atoms with van der Waals surface area (Å²) in [5.41, 5.74) is 2.27. The highest BCUT2D eigenvalue weighted by molar-refractivity contribution is 7.90. The molecule has 0 atom stereocenters. The number of nitrogens with one attached hydrogen (secondary N) is 1. The smallest absolute Gasteiger partial charge is 0.264 e. The van der Waals surface area contributed by atoms with Crippen LogP contribution in [0.2, 0.25) is 0 Å². The van der Waals surface area contributed by atoms with Gasteiger partial charge >= 0.3 is 0 Å². The van der Waals surface area contributed by atoms with E-state index in [4.69, 9.17) is 4.74 Å². The average Bonchev–Trinajstić information content (AvgIpc) is 3.13. The Kier molecular flexibility index (Phi) is 6.89. The molecule has 6 nitrogen and oxygen atoms in total. The van der Waals surface area contributed by atoms with E-state index in [0.717, 1.165) is 16.5 Å². The lowest BCUT2D eigenvalue weighted by atomic mass is 10.1. The highest BCUT2D eigenvalue weighted by Gasteiger charge is 2.19. The summed E-state index contributed by atoms with van der Waals surface area (Å²) in [7, 11) is -3.98. The molecule has 0 bridgehead atoms. The van der Waals surface area contributed by atoms with Crippen LogP contribution in [0.25, 0.3) is 10.6 Å². The van der Waals surface area contributed by atoms with Gasteiger partial charge in [0.1, 0.15) is 10.8 Å². The largest absolute Gasteiger partial charge is 0.493 e. The van der Waals surface area contributed by atoms with E-state index in [0.29, 0.717) is 23.7 Å². The van der Waals surface area contributed by atoms with E-state index in [1.807, 2.05) is 12.3 Å². The highest BCUT2D eigenvalue weighted by Crippen LogP contribution is 2.25. The number of carbonyl (C=O) groups excluding carboxylic acids is 1. The van der Waals surface area contributed by atoms with Crippen molar-refractivity contribution in [1.29, 1.82) is 0 Å². The molecule has 0 saturated heterocycles. The van der Waals surface area contributed by atoms with Gasteiger partial charge in [-0.15, -0.1) is 11.3 Å². The molecule has 0 spiro atoms. The first-order chi connectivity index (χ1) is 14.2.